The van der Waals surface area contributed by atoms with Gasteiger partial charge in [-0.15, -0.1) is 0 Å². The van der Waals surface area contributed by atoms with Crippen LogP contribution in [0.2, 0.25) is 0 Å². The van der Waals surface area contributed by atoms with Crippen LogP contribution in [0, 0.1) is 12.8 Å². The maximum atomic E-state index is 12.0. The van der Waals surface area contributed by atoms with E-state index in [0.29, 0.717) is 30.0 Å². The van der Waals surface area contributed by atoms with Crippen LogP contribution >= 0.6 is 10.7 Å². The van der Waals surface area contributed by atoms with Crippen molar-refractivity contribution in [3.8, 4) is 0 Å². The molecular weight excluding hydrogens is 310 g/mol. The maximum absolute atomic E-state index is 12.0. The highest BCUT2D eigenvalue weighted by molar-refractivity contribution is 8.13. The van der Waals surface area contributed by atoms with Gasteiger partial charge in [0, 0.05) is 22.8 Å². The summed E-state index contributed by atoms with van der Waals surface area (Å²) >= 11 is 0. The van der Waals surface area contributed by atoms with Crippen molar-refractivity contribution in [2.24, 2.45) is 5.92 Å². The molecule has 1 aromatic rings. The van der Waals surface area contributed by atoms with E-state index in [4.69, 9.17) is 10.7 Å². The van der Waals surface area contributed by atoms with E-state index in [1.54, 1.807) is 6.92 Å². The number of carbonyl (C=O) groups is 1. The number of nitrogens with one attached hydrogen (secondary N) is 1. The summed E-state index contributed by atoms with van der Waals surface area (Å²) in [5.74, 6) is 0.411. The zero-order valence-electron chi connectivity index (χ0n) is 12.9. The molecule has 0 unspecified atom stereocenters. The molecule has 118 valence electrons. The summed E-state index contributed by atoms with van der Waals surface area (Å²) in [5, 5.41) is 2.89. The molecule has 6 heteroatoms. The Hall–Kier alpha value is -1.07. The molecule has 0 bridgehead atoms. The number of anilines is 1. The van der Waals surface area contributed by atoms with Crippen LogP contribution in [0.4, 0.5) is 5.69 Å². The average molecular weight is 332 g/mol. The second-order valence-electron chi connectivity index (χ2n) is 5.55. The minimum atomic E-state index is -3.77. The largest absolute Gasteiger partial charge is 0.326 e. The quantitative estimate of drug-likeness (QED) is 0.805. The standard InChI is InChI=1S/C15H22ClNO3S/c1-5-12-9-13(21(16,19)20)8-11(4)15(12)17-14(18)7-6-10(2)3/h8-10H,5-7H2,1-4H3,(H,17,18). The third-order valence-corrected chi connectivity index (χ3v) is 4.60. The van der Waals surface area contributed by atoms with Crippen molar-refractivity contribution >= 4 is 31.3 Å². The van der Waals surface area contributed by atoms with E-state index in [0.717, 1.165) is 12.0 Å². The zero-order chi connectivity index (χ0) is 16.2. The molecule has 0 saturated heterocycles. The number of aryl methyl sites for hydroxylation is 2. The third-order valence-electron chi connectivity index (χ3n) is 3.27. The van der Waals surface area contributed by atoms with Crippen molar-refractivity contribution in [2.45, 2.75) is 51.9 Å². The fourth-order valence-electron chi connectivity index (χ4n) is 2.04. The Balaban J connectivity index is 3.05. The number of carbonyl (C=O) groups excluding carboxylic acids is 1. The molecule has 0 fully saturated rings. The van der Waals surface area contributed by atoms with E-state index >= 15 is 0 Å². The Morgan fingerprint density at radius 3 is 2.43 bits per heavy atom. The lowest BCUT2D eigenvalue weighted by molar-refractivity contribution is -0.116. The van der Waals surface area contributed by atoms with Crippen molar-refractivity contribution in [3.05, 3.63) is 23.3 Å². The zero-order valence-corrected chi connectivity index (χ0v) is 14.4. The minimum absolute atomic E-state index is 0.0528. The van der Waals surface area contributed by atoms with Gasteiger partial charge < -0.3 is 5.32 Å². The lowest BCUT2D eigenvalue weighted by Crippen LogP contribution is -2.15. The summed E-state index contributed by atoms with van der Waals surface area (Å²) in [7, 11) is 1.62. The summed E-state index contributed by atoms with van der Waals surface area (Å²) in [4.78, 5) is 12.0. The molecule has 0 aliphatic rings. The first-order valence-corrected chi connectivity index (χ1v) is 9.34. The van der Waals surface area contributed by atoms with Crippen LogP contribution in [-0.4, -0.2) is 14.3 Å². The molecule has 0 spiro atoms. The van der Waals surface area contributed by atoms with E-state index in [9.17, 15) is 13.2 Å². The van der Waals surface area contributed by atoms with Crippen LogP contribution < -0.4 is 5.32 Å². The minimum Gasteiger partial charge on any atom is -0.326 e. The molecule has 21 heavy (non-hydrogen) atoms. The van der Waals surface area contributed by atoms with Gasteiger partial charge in [0.2, 0.25) is 5.91 Å². The van der Waals surface area contributed by atoms with Crippen molar-refractivity contribution in [3.63, 3.8) is 0 Å². The van der Waals surface area contributed by atoms with Crippen molar-refractivity contribution in [1.29, 1.82) is 0 Å². The number of rotatable bonds is 6. The summed E-state index contributed by atoms with van der Waals surface area (Å²) in [6.45, 7) is 7.80. The van der Waals surface area contributed by atoms with Crippen LogP contribution in [0.25, 0.3) is 0 Å². The monoisotopic (exact) mass is 331 g/mol. The summed E-state index contributed by atoms with van der Waals surface area (Å²) in [6, 6.07) is 3.01. The molecule has 1 aromatic carbocycles. The highest BCUT2D eigenvalue weighted by Crippen LogP contribution is 2.27. The fourth-order valence-corrected chi connectivity index (χ4v) is 2.91. The van der Waals surface area contributed by atoms with Crippen LogP contribution in [-0.2, 0) is 20.3 Å². The molecule has 0 radical (unpaired) electrons. The molecule has 1 rings (SSSR count). The van der Waals surface area contributed by atoms with E-state index in [2.05, 4.69) is 19.2 Å². The predicted octanol–water partition coefficient (Wildman–Crippen LogP) is 3.86. The number of benzene rings is 1. The molecule has 0 aliphatic heterocycles. The third kappa shape index (κ3) is 5.32. The summed E-state index contributed by atoms with van der Waals surface area (Å²) in [5.41, 5.74) is 2.16. The molecule has 4 nitrogen and oxygen atoms in total. The molecule has 0 saturated carbocycles. The first kappa shape index (κ1) is 18.0. The number of halogens is 1. The Morgan fingerprint density at radius 2 is 1.95 bits per heavy atom. The topological polar surface area (TPSA) is 63.2 Å². The van der Waals surface area contributed by atoms with Gasteiger partial charge in [-0.1, -0.05) is 20.8 Å². The number of hydrogen-bond acceptors (Lipinski definition) is 3. The van der Waals surface area contributed by atoms with Crippen LogP contribution in [0.5, 0.6) is 0 Å². The second-order valence-corrected chi connectivity index (χ2v) is 8.11. The van der Waals surface area contributed by atoms with Gasteiger partial charge in [0.1, 0.15) is 0 Å². The highest BCUT2D eigenvalue weighted by Gasteiger charge is 2.16. The van der Waals surface area contributed by atoms with E-state index in [1.165, 1.54) is 12.1 Å². The Morgan fingerprint density at radius 1 is 1.33 bits per heavy atom. The molecule has 0 heterocycles. The van der Waals surface area contributed by atoms with Crippen LogP contribution in [0.15, 0.2) is 17.0 Å². The molecular formula is C15H22ClNO3S. The Bertz CT molecular complexity index is 624. The summed E-state index contributed by atoms with van der Waals surface area (Å²) < 4.78 is 22.9. The first-order chi connectivity index (χ1) is 9.65. The van der Waals surface area contributed by atoms with Gasteiger partial charge in [0.25, 0.3) is 9.05 Å². The SMILES string of the molecule is CCc1cc(S(=O)(=O)Cl)cc(C)c1NC(=O)CCC(C)C. The molecule has 1 amide bonds. The van der Waals surface area contributed by atoms with Gasteiger partial charge in [-0.05, 0) is 48.9 Å². The summed E-state index contributed by atoms with van der Waals surface area (Å²) in [6.07, 6.45) is 1.89. The van der Waals surface area contributed by atoms with Gasteiger partial charge in [0.05, 0.1) is 4.90 Å². The fraction of sp³-hybridized carbons (Fsp3) is 0.533. The van der Waals surface area contributed by atoms with E-state index in [-0.39, 0.29) is 10.8 Å². The Kier molecular flexibility index (Phi) is 6.23. The highest BCUT2D eigenvalue weighted by atomic mass is 35.7. The first-order valence-electron chi connectivity index (χ1n) is 7.03. The number of amides is 1. The predicted molar refractivity (Wildman–Crippen MR) is 86.3 cm³/mol. The van der Waals surface area contributed by atoms with E-state index in [1.807, 2.05) is 6.92 Å². The van der Waals surface area contributed by atoms with Gasteiger partial charge in [-0.3, -0.25) is 4.79 Å². The van der Waals surface area contributed by atoms with Crippen LogP contribution in [0.3, 0.4) is 0 Å². The van der Waals surface area contributed by atoms with Gasteiger partial charge in [-0.2, -0.15) is 0 Å². The van der Waals surface area contributed by atoms with Crippen molar-refractivity contribution < 1.29 is 13.2 Å². The lowest BCUT2D eigenvalue weighted by Gasteiger charge is -2.15. The average Bonchev–Trinajstić information content (AvgIpc) is 2.37. The number of hydrogen-bond donors (Lipinski definition) is 1. The molecule has 0 aromatic heterocycles. The maximum Gasteiger partial charge on any atom is 0.261 e. The van der Waals surface area contributed by atoms with Gasteiger partial charge in [0.15, 0.2) is 0 Å². The smallest absolute Gasteiger partial charge is 0.261 e. The van der Waals surface area contributed by atoms with Gasteiger partial charge >= 0.3 is 0 Å². The molecule has 0 aliphatic carbocycles. The van der Waals surface area contributed by atoms with Crippen LogP contribution in [0.1, 0.15) is 44.7 Å². The molecule has 1 N–H and O–H groups in total. The second kappa shape index (κ2) is 7.27. The lowest BCUT2D eigenvalue weighted by atomic mass is 10.0. The van der Waals surface area contributed by atoms with E-state index < -0.39 is 9.05 Å². The van der Waals surface area contributed by atoms with Crippen molar-refractivity contribution in [1.82, 2.24) is 0 Å². The Labute approximate surface area is 131 Å². The van der Waals surface area contributed by atoms with Crippen molar-refractivity contribution in [2.75, 3.05) is 5.32 Å². The van der Waals surface area contributed by atoms with Gasteiger partial charge in [-0.25, -0.2) is 8.42 Å². The molecule has 0 atom stereocenters. The normalized spacial score (nSPS) is 11.7.